The van der Waals surface area contributed by atoms with Crippen molar-refractivity contribution in [3.8, 4) is 6.07 Å². The van der Waals surface area contributed by atoms with Gasteiger partial charge in [-0.05, 0) is 24.6 Å². The summed E-state index contributed by atoms with van der Waals surface area (Å²) in [6, 6.07) is 17.3. The van der Waals surface area contributed by atoms with Crippen LogP contribution in [0.15, 0.2) is 54.6 Å². The second-order valence-corrected chi connectivity index (χ2v) is 5.09. The third-order valence-electron chi connectivity index (χ3n) is 3.29. The molecule has 0 spiro atoms. The molecule has 23 heavy (non-hydrogen) atoms. The minimum absolute atomic E-state index is 0.183. The molecule has 5 nitrogen and oxygen atoms in total. The number of nitrogens with one attached hydrogen (secondary N) is 2. The lowest BCUT2D eigenvalue weighted by atomic mass is 10.1. The van der Waals surface area contributed by atoms with Gasteiger partial charge in [0.2, 0.25) is 5.91 Å². The molecule has 2 rings (SSSR count). The molecule has 0 heterocycles. The molecule has 0 bridgehead atoms. The summed E-state index contributed by atoms with van der Waals surface area (Å²) in [7, 11) is 0. The summed E-state index contributed by atoms with van der Waals surface area (Å²) in [6.07, 6.45) is 0. The highest BCUT2D eigenvalue weighted by Gasteiger charge is 2.14. The van der Waals surface area contributed by atoms with Crippen LogP contribution in [0.1, 0.15) is 27.5 Å². The average Bonchev–Trinajstić information content (AvgIpc) is 2.59. The van der Waals surface area contributed by atoms with Gasteiger partial charge in [0.25, 0.3) is 5.91 Å². The minimum Gasteiger partial charge on any atom is -0.343 e. The second-order valence-electron chi connectivity index (χ2n) is 5.09. The lowest BCUT2D eigenvalue weighted by Gasteiger charge is -2.12. The van der Waals surface area contributed by atoms with E-state index in [0.717, 1.165) is 5.56 Å². The van der Waals surface area contributed by atoms with E-state index in [1.54, 1.807) is 36.4 Å². The fourth-order valence-corrected chi connectivity index (χ4v) is 2.01. The van der Waals surface area contributed by atoms with Crippen LogP contribution in [0.2, 0.25) is 0 Å². The number of carbonyl (C=O) groups is 2. The smallest absolute Gasteiger partial charge is 0.251 e. The van der Waals surface area contributed by atoms with Crippen LogP contribution >= 0.6 is 0 Å². The molecule has 2 N–H and O–H groups in total. The van der Waals surface area contributed by atoms with Crippen molar-refractivity contribution in [2.45, 2.75) is 13.0 Å². The SMILES string of the molecule is Cc1ccc(C(C#N)NC(=O)CNC(=O)c2ccccc2)cc1. The van der Waals surface area contributed by atoms with Gasteiger partial charge in [-0.1, -0.05) is 48.0 Å². The number of rotatable bonds is 5. The van der Waals surface area contributed by atoms with E-state index in [4.69, 9.17) is 0 Å². The Morgan fingerprint density at radius 1 is 1.09 bits per heavy atom. The van der Waals surface area contributed by atoms with Crippen LogP contribution in [0.4, 0.5) is 0 Å². The fraction of sp³-hybridized carbons (Fsp3) is 0.167. The molecule has 0 saturated heterocycles. The summed E-state index contributed by atoms with van der Waals surface area (Å²) >= 11 is 0. The normalized spacial score (nSPS) is 11.1. The number of aryl methyl sites for hydroxylation is 1. The van der Waals surface area contributed by atoms with Crippen LogP contribution in [0.3, 0.4) is 0 Å². The summed E-state index contributed by atoms with van der Waals surface area (Å²) in [5, 5.41) is 14.3. The first-order chi connectivity index (χ1) is 11.1. The monoisotopic (exact) mass is 307 g/mol. The van der Waals surface area contributed by atoms with Crippen LogP contribution < -0.4 is 10.6 Å². The maximum absolute atomic E-state index is 11.9. The highest BCUT2D eigenvalue weighted by molar-refractivity contribution is 5.96. The first kappa shape index (κ1) is 16.2. The van der Waals surface area contributed by atoms with Crippen molar-refractivity contribution in [3.63, 3.8) is 0 Å². The predicted molar refractivity (Wildman–Crippen MR) is 86.5 cm³/mol. The Balaban J connectivity index is 1.89. The third kappa shape index (κ3) is 4.68. The summed E-state index contributed by atoms with van der Waals surface area (Å²) < 4.78 is 0. The molecule has 0 aliphatic carbocycles. The average molecular weight is 307 g/mol. The summed E-state index contributed by atoms with van der Waals surface area (Å²) in [6.45, 7) is 1.76. The molecular weight excluding hydrogens is 290 g/mol. The van der Waals surface area contributed by atoms with E-state index < -0.39 is 11.9 Å². The van der Waals surface area contributed by atoms with E-state index in [1.807, 2.05) is 31.2 Å². The largest absolute Gasteiger partial charge is 0.343 e. The Labute approximate surface area is 134 Å². The highest BCUT2D eigenvalue weighted by atomic mass is 16.2. The van der Waals surface area contributed by atoms with E-state index in [-0.39, 0.29) is 12.5 Å². The fourth-order valence-electron chi connectivity index (χ4n) is 2.01. The zero-order valence-electron chi connectivity index (χ0n) is 12.7. The van der Waals surface area contributed by atoms with Gasteiger partial charge in [-0.25, -0.2) is 0 Å². The molecule has 0 aliphatic rings. The van der Waals surface area contributed by atoms with Crippen molar-refractivity contribution in [2.24, 2.45) is 0 Å². The number of carbonyl (C=O) groups excluding carboxylic acids is 2. The zero-order chi connectivity index (χ0) is 16.7. The Morgan fingerprint density at radius 3 is 2.35 bits per heavy atom. The lowest BCUT2D eigenvalue weighted by Crippen LogP contribution is -2.38. The van der Waals surface area contributed by atoms with E-state index in [1.165, 1.54) is 0 Å². The summed E-state index contributed by atoms with van der Waals surface area (Å²) in [5.41, 5.74) is 2.27. The molecule has 2 amide bonds. The molecule has 1 unspecified atom stereocenters. The number of nitrogens with zero attached hydrogens (tertiary/aromatic N) is 1. The van der Waals surface area contributed by atoms with Gasteiger partial charge in [0.05, 0.1) is 12.6 Å². The van der Waals surface area contributed by atoms with Gasteiger partial charge in [0, 0.05) is 5.56 Å². The third-order valence-corrected chi connectivity index (χ3v) is 3.29. The molecule has 2 aromatic rings. The van der Waals surface area contributed by atoms with Crippen LogP contribution in [-0.4, -0.2) is 18.4 Å². The lowest BCUT2D eigenvalue weighted by molar-refractivity contribution is -0.120. The second kappa shape index (κ2) is 7.76. The molecule has 116 valence electrons. The van der Waals surface area contributed by atoms with E-state index in [9.17, 15) is 14.9 Å². The van der Waals surface area contributed by atoms with Crippen LogP contribution in [-0.2, 0) is 4.79 Å². The first-order valence-electron chi connectivity index (χ1n) is 7.19. The van der Waals surface area contributed by atoms with Crippen molar-refractivity contribution in [1.29, 1.82) is 5.26 Å². The van der Waals surface area contributed by atoms with Crippen molar-refractivity contribution in [3.05, 3.63) is 71.3 Å². The van der Waals surface area contributed by atoms with E-state index >= 15 is 0 Å². The van der Waals surface area contributed by atoms with Gasteiger partial charge in [-0.15, -0.1) is 0 Å². The van der Waals surface area contributed by atoms with E-state index in [2.05, 4.69) is 10.6 Å². The Kier molecular flexibility index (Phi) is 5.48. The standard InChI is InChI=1S/C18H17N3O2/c1-13-7-9-14(10-8-13)16(11-19)21-17(22)12-20-18(23)15-5-3-2-4-6-15/h2-10,16H,12H2,1H3,(H,20,23)(H,21,22). The topological polar surface area (TPSA) is 82.0 Å². The van der Waals surface area contributed by atoms with Crippen molar-refractivity contribution in [2.75, 3.05) is 6.54 Å². The number of hydrogen-bond acceptors (Lipinski definition) is 3. The first-order valence-corrected chi connectivity index (χ1v) is 7.19. The summed E-state index contributed by atoms with van der Waals surface area (Å²) in [4.78, 5) is 23.8. The van der Waals surface area contributed by atoms with Crippen LogP contribution in [0, 0.1) is 18.3 Å². The van der Waals surface area contributed by atoms with Gasteiger partial charge in [-0.3, -0.25) is 9.59 Å². The molecule has 5 heteroatoms. The molecule has 0 aliphatic heterocycles. The van der Waals surface area contributed by atoms with Gasteiger partial charge in [0.15, 0.2) is 0 Å². The van der Waals surface area contributed by atoms with Gasteiger partial charge < -0.3 is 10.6 Å². The van der Waals surface area contributed by atoms with Crippen LogP contribution in [0.25, 0.3) is 0 Å². The minimum atomic E-state index is -0.739. The Hall–Kier alpha value is -3.13. The van der Waals surface area contributed by atoms with Gasteiger partial charge in [0.1, 0.15) is 6.04 Å². The maximum atomic E-state index is 11.9. The quantitative estimate of drug-likeness (QED) is 0.887. The maximum Gasteiger partial charge on any atom is 0.251 e. The number of amides is 2. The summed E-state index contributed by atoms with van der Waals surface area (Å²) in [5.74, 6) is -0.744. The van der Waals surface area contributed by atoms with Gasteiger partial charge in [-0.2, -0.15) is 5.26 Å². The Bertz CT molecular complexity index is 718. The predicted octanol–water partition coefficient (Wildman–Crippen LogP) is 2.11. The molecule has 0 fully saturated rings. The van der Waals surface area contributed by atoms with Crippen molar-refractivity contribution in [1.82, 2.24) is 10.6 Å². The van der Waals surface area contributed by atoms with Crippen molar-refractivity contribution < 1.29 is 9.59 Å². The zero-order valence-corrected chi connectivity index (χ0v) is 12.7. The van der Waals surface area contributed by atoms with E-state index in [0.29, 0.717) is 11.1 Å². The van der Waals surface area contributed by atoms with Crippen LogP contribution in [0.5, 0.6) is 0 Å². The molecular formula is C18H17N3O2. The molecule has 0 radical (unpaired) electrons. The van der Waals surface area contributed by atoms with Crippen molar-refractivity contribution >= 4 is 11.8 Å². The highest BCUT2D eigenvalue weighted by Crippen LogP contribution is 2.12. The molecule has 0 saturated carbocycles. The molecule has 1 atom stereocenters. The van der Waals surface area contributed by atoms with Gasteiger partial charge >= 0.3 is 0 Å². The molecule has 2 aromatic carbocycles. The molecule has 0 aromatic heterocycles. The number of nitriles is 1. The number of hydrogen-bond donors (Lipinski definition) is 2. The Morgan fingerprint density at radius 2 is 1.74 bits per heavy atom. The number of benzene rings is 2.